The lowest BCUT2D eigenvalue weighted by Crippen LogP contribution is -2.31. The second-order valence-electron chi connectivity index (χ2n) is 3.19. The van der Waals surface area contributed by atoms with Crippen molar-refractivity contribution in [2.75, 3.05) is 27.2 Å². The molecule has 0 spiro atoms. The summed E-state index contributed by atoms with van der Waals surface area (Å²) in [4.78, 5) is 13.3. The Bertz CT molecular complexity index is 308. The van der Waals surface area contributed by atoms with Crippen molar-refractivity contribution < 1.29 is 9.21 Å². The van der Waals surface area contributed by atoms with Crippen LogP contribution in [0.15, 0.2) is 4.42 Å². The van der Waals surface area contributed by atoms with Gasteiger partial charge in [-0.15, -0.1) is 10.2 Å². The van der Waals surface area contributed by atoms with Crippen molar-refractivity contribution in [3.05, 3.63) is 11.8 Å². The quantitative estimate of drug-likeness (QED) is 0.717. The molecule has 0 saturated heterocycles. The molecule has 1 aromatic rings. The van der Waals surface area contributed by atoms with Gasteiger partial charge in [0.25, 0.3) is 0 Å². The minimum atomic E-state index is -0.326. The van der Waals surface area contributed by atoms with Crippen LogP contribution in [-0.4, -0.2) is 48.2 Å². The van der Waals surface area contributed by atoms with Crippen LogP contribution in [0.5, 0.6) is 0 Å². The molecule has 0 bridgehead atoms. The third kappa shape index (κ3) is 3.14. The third-order valence-corrected chi connectivity index (χ3v) is 1.56. The zero-order valence-electron chi connectivity index (χ0n) is 8.57. The van der Waals surface area contributed by atoms with Crippen molar-refractivity contribution in [2.24, 2.45) is 0 Å². The summed E-state index contributed by atoms with van der Waals surface area (Å²) < 4.78 is 4.95. The Morgan fingerprint density at radius 1 is 1.50 bits per heavy atom. The monoisotopic (exact) mass is 198 g/mol. The van der Waals surface area contributed by atoms with E-state index in [0.717, 1.165) is 6.54 Å². The molecule has 6 heteroatoms. The summed E-state index contributed by atoms with van der Waals surface area (Å²) in [7, 11) is 3.87. The molecule has 1 amide bonds. The molecule has 1 heterocycles. The van der Waals surface area contributed by atoms with Gasteiger partial charge in [0.05, 0.1) is 0 Å². The van der Waals surface area contributed by atoms with Crippen LogP contribution < -0.4 is 5.32 Å². The summed E-state index contributed by atoms with van der Waals surface area (Å²) in [6, 6.07) is 0. The molecule has 0 unspecified atom stereocenters. The maximum absolute atomic E-state index is 11.3. The lowest BCUT2D eigenvalue weighted by Gasteiger charge is -2.08. The van der Waals surface area contributed by atoms with E-state index in [1.54, 1.807) is 6.92 Å². The average Bonchev–Trinajstić information content (AvgIpc) is 2.51. The summed E-state index contributed by atoms with van der Waals surface area (Å²) in [5.74, 6) is 0.0801. The highest BCUT2D eigenvalue weighted by Gasteiger charge is 2.11. The fraction of sp³-hybridized carbons (Fsp3) is 0.625. The van der Waals surface area contributed by atoms with Gasteiger partial charge in [0.15, 0.2) is 0 Å². The SMILES string of the molecule is Cc1nnc(C(=O)NCCN(C)C)o1. The number of nitrogens with one attached hydrogen (secondary N) is 1. The van der Waals surface area contributed by atoms with E-state index in [9.17, 15) is 4.79 Å². The van der Waals surface area contributed by atoms with Gasteiger partial charge in [0, 0.05) is 20.0 Å². The van der Waals surface area contributed by atoms with Crippen LogP contribution in [0.4, 0.5) is 0 Å². The number of hydrogen-bond donors (Lipinski definition) is 1. The van der Waals surface area contributed by atoms with Gasteiger partial charge in [0.2, 0.25) is 5.89 Å². The topological polar surface area (TPSA) is 71.3 Å². The summed E-state index contributed by atoms with van der Waals surface area (Å²) in [6.45, 7) is 2.98. The van der Waals surface area contributed by atoms with Crippen molar-refractivity contribution in [3.63, 3.8) is 0 Å². The maximum atomic E-state index is 11.3. The summed E-state index contributed by atoms with van der Waals surface area (Å²) in [5.41, 5.74) is 0. The number of hydrogen-bond acceptors (Lipinski definition) is 5. The Morgan fingerprint density at radius 3 is 2.71 bits per heavy atom. The van der Waals surface area contributed by atoms with Gasteiger partial charge >= 0.3 is 11.8 Å². The van der Waals surface area contributed by atoms with E-state index in [2.05, 4.69) is 15.5 Å². The van der Waals surface area contributed by atoms with E-state index in [1.807, 2.05) is 19.0 Å². The first-order valence-corrected chi connectivity index (χ1v) is 4.32. The van der Waals surface area contributed by atoms with Crippen LogP contribution in [0.25, 0.3) is 0 Å². The highest BCUT2D eigenvalue weighted by molar-refractivity contribution is 5.89. The Balaban J connectivity index is 2.36. The van der Waals surface area contributed by atoms with Gasteiger partial charge in [-0.1, -0.05) is 0 Å². The number of carbonyl (C=O) groups excluding carboxylic acids is 1. The Morgan fingerprint density at radius 2 is 2.21 bits per heavy atom. The molecular weight excluding hydrogens is 184 g/mol. The first-order valence-electron chi connectivity index (χ1n) is 4.32. The predicted molar refractivity (Wildman–Crippen MR) is 49.9 cm³/mol. The van der Waals surface area contributed by atoms with E-state index in [4.69, 9.17) is 4.42 Å². The molecule has 1 rings (SSSR count). The number of carbonyl (C=O) groups is 1. The molecule has 1 aromatic heterocycles. The highest BCUT2D eigenvalue weighted by atomic mass is 16.4. The second kappa shape index (κ2) is 4.71. The number of likely N-dealkylation sites (N-methyl/N-ethyl adjacent to an activating group) is 1. The first kappa shape index (κ1) is 10.6. The largest absolute Gasteiger partial charge is 0.417 e. The van der Waals surface area contributed by atoms with Gasteiger partial charge in [-0.25, -0.2) is 0 Å². The number of aromatic nitrogens is 2. The van der Waals surface area contributed by atoms with Crippen molar-refractivity contribution in [1.29, 1.82) is 0 Å². The number of amides is 1. The van der Waals surface area contributed by atoms with E-state index >= 15 is 0 Å². The number of rotatable bonds is 4. The molecule has 0 saturated carbocycles. The van der Waals surface area contributed by atoms with E-state index < -0.39 is 0 Å². The summed E-state index contributed by atoms with van der Waals surface area (Å²) >= 11 is 0. The Hall–Kier alpha value is -1.43. The van der Waals surface area contributed by atoms with E-state index in [-0.39, 0.29) is 11.8 Å². The first-order chi connectivity index (χ1) is 6.59. The fourth-order valence-corrected chi connectivity index (χ4v) is 0.857. The zero-order chi connectivity index (χ0) is 10.6. The molecule has 78 valence electrons. The number of aryl methyl sites for hydroxylation is 1. The highest BCUT2D eigenvalue weighted by Crippen LogP contribution is 1.96. The van der Waals surface area contributed by atoms with Crippen LogP contribution in [0.3, 0.4) is 0 Å². The molecule has 0 fully saturated rings. The molecule has 0 atom stereocenters. The molecule has 14 heavy (non-hydrogen) atoms. The molecule has 0 aliphatic rings. The fourth-order valence-electron chi connectivity index (χ4n) is 0.857. The van der Waals surface area contributed by atoms with Gasteiger partial charge in [-0.2, -0.15) is 0 Å². The minimum Gasteiger partial charge on any atom is -0.417 e. The molecule has 0 aliphatic heterocycles. The zero-order valence-corrected chi connectivity index (χ0v) is 8.57. The molecule has 0 aliphatic carbocycles. The standard InChI is InChI=1S/C8H14N4O2/c1-6-10-11-8(14-6)7(13)9-4-5-12(2)3/h4-5H2,1-3H3,(H,9,13). The van der Waals surface area contributed by atoms with Crippen LogP contribution in [0, 0.1) is 6.92 Å². The third-order valence-electron chi connectivity index (χ3n) is 1.56. The van der Waals surface area contributed by atoms with Crippen LogP contribution in [-0.2, 0) is 0 Å². The Labute approximate surface area is 82.3 Å². The summed E-state index contributed by atoms with van der Waals surface area (Å²) in [6.07, 6.45) is 0. The van der Waals surface area contributed by atoms with E-state index in [0.29, 0.717) is 12.4 Å². The molecule has 6 nitrogen and oxygen atoms in total. The van der Waals surface area contributed by atoms with Crippen molar-refractivity contribution in [1.82, 2.24) is 20.4 Å². The van der Waals surface area contributed by atoms with Crippen molar-refractivity contribution in [2.45, 2.75) is 6.92 Å². The van der Waals surface area contributed by atoms with E-state index in [1.165, 1.54) is 0 Å². The average molecular weight is 198 g/mol. The molecule has 1 N–H and O–H groups in total. The molecule has 0 aromatic carbocycles. The van der Waals surface area contributed by atoms with Crippen molar-refractivity contribution in [3.8, 4) is 0 Å². The van der Waals surface area contributed by atoms with Crippen molar-refractivity contribution >= 4 is 5.91 Å². The van der Waals surface area contributed by atoms with Crippen LogP contribution in [0.2, 0.25) is 0 Å². The Kier molecular flexibility index (Phi) is 3.58. The number of nitrogens with zero attached hydrogens (tertiary/aromatic N) is 3. The van der Waals surface area contributed by atoms with Gasteiger partial charge in [0.1, 0.15) is 0 Å². The smallest absolute Gasteiger partial charge is 0.308 e. The molecular formula is C8H14N4O2. The van der Waals surface area contributed by atoms with Crippen LogP contribution >= 0.6 is 0 Å². The normalized spacial score (nSPS) is 10.6. The maximum Gasteiger partial charge on any atom is 0.308 e. The summed E-state index contributed by atoms with van der Waals surface area (Å²) in [5, 5.41) is 9.83. The van der Waals surface area contributed by atoms with Crippen LogP contribution in [0.1, 0.15) is 16.6 Å². The lowest BCUT2D eigenvalue weighted by molar-refractivity contribution is 0.0915. The van der Waals surface area contributed by atoms with Gasteiger partial charge < -0.3 is 14.6 Å². The van der Waals surface area contributed by atoms with Gasteiger partial charge in [-0.3, -0.25) is 4.79 Å². The van der Waals surface area contributed by atoms with Gasteiger partial charge in [-0.05, 0) is 14.1 Å². The lowest BCUT2D eigenvalue weighted by atomic mass is 10.5. The second-order valence-corrected chi connectivity index (χ2v) is 3.19. The minimum absolute atomic E-state index is 0.0151. The molecule has 0 radical (unpaired) electrons. The predicted octanol–water partition coefficient (Wildman–Crippen LogP) is -0.331.